The van der Waals surface area contributed by atoms with E-state index in [0.717, 1.165) is 12.8 Å². The smallest absolute Gasteiger partial charge is 0.259 e. The van der Waals surface area contributed by atoms with E-state index in [0.29, 0.717) is 47.4 Å². The second-order valence-electron chi connectivity index (χ2n) is 6.75. The van der Waals surface area contributed by atoms with Crippen LogP contribution in [-0.4, -0.2) is 39.2 Å². The number of hydrogen-bond acceptors (Lipinski definition) is 6. The van der Waals surface area contributed by atoms with Crippen LogP contribution in [0.2, 0.25) is 0 Å². The van der Waals surface area contributed by atoms with Crippen molar-refractivity contribution >= 4 is 5.91 Å². The molecule has 2 aromatic heterocycles. The number of aromatic nitrogens is 3. The monoisotopic (exact) mass is 370 g/mol. The lowest BCUT2D eigenvalue weighted by molar-refractivity contribution is 0.0701. The van der Waals surface area contributed by atoms with Crippen LogP contribution in [-0.2, 0) is 0 Å². The Bertz CT molecular complexity index is 944. The first-order valence-electron chi connectivity index (χ1n) is 8.84. The molecule has 3 heterocycles. The Morgan fingerprint density at radius 2 is 1.96 bits per heavy atom. The number of aryl methyl sites for hydroxylation is 2. The number of amides is 1. The SMILES string of the molecule is Cc1noc(C)c1C(=O)N1CCC[C@H](c2noc(-c3ccc(F)cc3)n2)C1. The van der Waals surface area contributed by atoms with E-state index < -0.39 is 0 Å². The number of halogens is 1. The topological polar surface area (TPSA) is 85.3 Å². The lowest BCUT2D eigenvalue weighted by Crippen LogP contribution is -2.39. The first-order valence-corrected chi connectivity index (χ1v) is 8.84. The van der Waals surface area contributed by atoms with Gasteiger partial charge in [0, 0.05) is 24.6 Å². The van der Waals surface area contributed by atoms with E-state index in [1.165, 1.54) is 12.1 Å². The summed E-state index contributed by atoms with van der Waals surface area (Å²) in [6.07, 6.45) is 1.72. The van der Waals surface area contributed by atoms with Crippen LogP contribution in [0.5, 0.6) is 0 Å². The van der Waals surface area contributed by atoms with Crippen LogP contribution >= 0.6 is 0 Å². The molecule has 1 saturated heterocycles. The average molecular weight is 370 g/mol. The number of piperidine rings is 1. The Hall–Kier alpha value is -3.03. The highest BCUT2D eigenvalue weighted by Crippen LogP contribution is 2.28. The zero-order chi connectivity index (χ0) is 19.0. The number of nitrogens with zero attached hydrogens (tertiary/aromatic N) is 4. The standard InChI is InChI=1S/C19H19FN4O3/c1-11-16(12(2)26-22-11)19(25)24-9-3-4-14(10-24)17-21-18(27-23-17)13-5-7-15(20)8-6-13/h5-8,14H,3-4,9-10H2,1-2H3/t14-/m0/s1. The third kappa shape index (κ3) is 3.34. The summed E-state index contributed by atoms with van der Waals surface area (Å²) in [7, 11) is 0. The van der Waals surface area contributed by atoms with Gasteiger partial charge >= 0.3 is 0 Å². The molecule has 0 saturated carbocycles. The van der Waals surface area contributed by atoms with Gasteiger partial charge in [0.15, 0.2) is 5.82 Å². The fourth-order valence-electron chi connectivity index (χ4n) is 3.43. The molecule has 1 amide bonds. The minimum absolute atomic E-state index is 0.0129. The van der Waals surface area contributed by atoms with Gasteiger partial charge in [0.1, 0.15) is 17.1 Å². The Morgan fingerprint density at radius 1 is 1.19 bits per heavy atom. The second kappa shape index (κ2) is 6.94. The van der Waals surface area contributed by atoms with Gasteiger partial charge in [-0.05, 0) is 51.0 Å². The van der Waals surface area contributed by atoms with Gasteiger partial charge in [-0.15, -0.1) is 0 Å². The predicted octanol–water partition coefficient (Wildman–Crippen LogP) is 3.50. The third-order valence-corrected chi connectivity index (χ3v) is 4.85. The number of likely N-dealkylation sites (tertiary alicyclic amines) is 1. The minimum Gasteiger partial charge on any atom is -0.361 e. The average Bonchev–Trinajstić information content (AvgIpc) is 3.29. The number of rotatable bonds is 3. The van der Waals surface area contributed by atoms with Crippen LogP contribution in [0.25, 0.3) is 11.5 Å². The van der Waals surface area contributed by atoms with Gasteiger partial charge in [-0.1, -0.05) is 10.3 Å². The van der Waals surface area contributed by atoms with Gasteiger partial charge in [0.05, 0.1) is 5.69 Å². The van der Waals surface area contributed by atoms with Crippen LogP contribution in [0.1, 0.15) is 46.4 Å². The molecule has 1 aromatic carbocycles. The van der Waals surface area contributed by atoms with Crippen molar-refractivity contribution in [1.82, 2.24) is 20.2 Å². The van der Waals surface area contributed by atoms with Gasteiger partial charge in [-0.3, -0.25) is 4.79 Å². The third-order valence-electron chi connectivity index (χ3n) is 4.85. The summed E-state index contributed by atoms with van der Waals surface area (Å²) < 4.78 is 23.5. The number of carbonyl (C=O) groups is 1. The zero-order valence-corrected chi connectivity index (χ0v) is 15.1. The molecule has 1 aliphatic heterocycles. The molecule has 3 aromatic rings. The first-order chi connectivity index (χ1) is 13.0. The van der Waals surface area contributed by atoms with Crippen LogP contribution < -0.4 is 0 Å². The predicted molar refractivity (Wildman–Crippen MR) is 93.5 cm³/mol. The second-order valence-corrected chi connectivity index (χ2v) is 6.75. The molecular weight excluding hydrogens is 351 g/mol. The number of carbonyl (C=O) groups excluding carboxylic acids is 1. The number of hydrogen-bond donors (Lipinski definition) is 0. The maximum Gasteiger partial charge on any atom is 0.259 e. The minimum atomic E-state index is -0.320. The Morgan fingerprint density at radius 3 is 2.67 bits per heavy atom. The summed E-state index contributed by atoms with van der Waals surface area (Å²) in [6.45, 7) is 4.68. The molecule has 1 atom stereocenters. The first kappa shape index (κ1) is 17.4. The maximum absolute atomic E-state index is 13.1. The van der Waals surface area contributed by atoms with E-state index in [1.54, 1.807) is 30.9 Å². The fourth-order valence-corrected chi connectivity index (χ4v) is 3.43. The van der Waals surface area contributed by atoms with Gasteiger partial charge in [0.25, 0.3) is 11.8 Å². The van der Waals surface area contributed by atoms with E-state index in [2.05, 4.69) is 15.3 Å². The summed E-state index contributed by atoms with van der Waals surface area (Å²) in [6, 6.07) is 5.90. The van der Waals surface area contributed by atoms with Crippen LogP contribution in [0.15, 0.2) is 33.3 Å². The highest BCUT2D eigenvalue weighted by molar-refractivity contribution is 5.96. The Balaban J connectivity index is 1.52. The van der Waals surface area contributed by atoms with Crippen molar-refractivity contribution in [2.24, 2.45) is 0 Å². The lowest BCUT2D eigenvalue weighted by atomic mass is 9.96. The molecular formula is C19H19FN4O3. The van der Waals surface area contributed by atoms with Crippen molar-refractivity contribution in [3.8, 4) is 11.5 Å². The largest absolute Gasteiger partial charge is 0.361 e. The quantitative estimate of drug-likeness (QED) is 0.701. The molecule has 0 N–H and O–H groups in total. The van der Waals surface area contributed by atoms with Crippen molar-refractivity contribution in [3.05, 3.63) is 52.9 Å². The molecule has 8 heteroatoms. The van der Waals surface area contributed by atoms with Crippen molar-refractivity contribution in [2.75, 3.05) is 13.1 Å². The highest BCUT2D eigenvalue weighted by Gasteiger charge is 2.31. The summed E-state index contributed by atoms with van der Waals surface area (Å²) in [4.78, 5) is 19.1. The summed E-state index contributed by atoms with van der Waals surface area (Å²) in [5.74, 6) is 1.01. The van der Waals surface area contributed by atoms with E-state index in [-0.39, 0.29) is 17.6 Å². The molecule has 7 nitrogen and oxygen atoms in total. The molecule has 1 aliphatic rings. The summed E-state index contributed by atoms with van der Waals surface area (Å²) in [5, 5.41) is 7.95. The highest BCUT2D eigenvalue weighted by atomic mass is 19.1. The Labute approximate surface area is 155 Å². The number of benzene rings is 1. The van der Waals surface area contributed by atoms with Crippen molar-refractivity contribution < 1.29 is 18.2 Å². The van der Waals surface area contributed by atoms with Crippen LogP contribution in [0, 0.1) is 19.7 Å². The molecule has 27 heavy (non-hydrogen) atoms. The van der Waals surface area contributed by atoms with E-state index in [9.17, 15) is 9.18 Å². The van der Waals surface area contributed by atoms with Gasteiger partial charge in [-0.2, -0.15) is 4.98 Å². The molecule has 0 bridgehead atoms. The molecule has 0 unspecified atom stereocenters. The van der Waals surface area contributed by atoms with Gasteiger partial charge < -0.3 is 13.9 Å². The summed E-state index contributed by atoms with van der Waals surface area (Å²) >= 11 is 0. The van der Waals surface area contributed by atoms with Crippen molar-refractivity contribution in [3.63, 3.8) is 0 Å². The fraction of sp³-hybridized carbons (Fsp3) is 0.368. The zero-order valence-electron chi connectivity index (χ0n) is 15.1. The van der Waals surface area contributed by atoms with Gasteiger partial charge in [-0.25, -0.2) is 4.39 Å². The molecule has 0 radical (unpaired) electrons. The van der Waals surface area contributed by atoms with E-state index in [4.69, 9.17) is 9.05 Å². The molecule has 0 aliphatic carbocycles. The van der Waals surface area contributed by atoms with Crippen LogP contribution in [0.4, 0.5) is 4.39 Å². The van der Waals surface area contributed by atoms with E-state index in [1.807, 2.05) is 0 Å². The molecule has 4 rings (SSSR count). The molecule has 0 spiro atoms. The van der Waals surface area contributed by atoms with Gasteiger partial charge in [0.2, 0.25) is 0 Å². The molecule has 140 valence electrons. The molecule has 1 fully saturated rings. The van der Waals surface area contributed by atoms with Crippen molar-refractivity contribution in [2.45, 2.75) is 32.6 Å². The van der Waals surface area contributed by atoms with Crippen LogP contribution in [0.3, 0.4) is 0 Å². The lowest BCUT2D eigenvalue weighted by Gasteiger charge is -2.31. The maximum atomic E-state index is 13.1. The van der Waals surface area contributed by atoms with E-state index >= 15 is 0 Å². The van der Waals surface area contributed by atoms with Crippen molar-refractivity contribution in [1.29, 1.82) is 0 Å². The normalized spacial score (nSPS) is 17.3. The summed E-state index contributed by atoms with van der Waals surface area (Å²) in [5.41, 5.74) is 1.78. The Kier molecular flexibility index (Phi) is 4.47.